The highest BCUT2D eigenvalue weighted by Crippen LogP contribution is 2.35. The van der Waals surface area contributed by atoms with Crippen LogP contribution in [0.5, 0.6) is 0 Å². The Morgan fingerprint density at radius 2 is 1.49 bits per heavy atom. The van der Waals surface area contributed by atoms with Gasteiger partial charge >= 0.3 is 0 Å². The highest BCUT2D eigenvalue weighted by Gasteiger charge is 2.23. The lowest BCUT2D eigenvalue weighted by Crippen LogP contribution is -2.36. The molecule has 11 nitrogen and oxygen atoms in total. The normalized spacial score (nSPS) is 13.8. The molecule has 0 aliphatic carbocycles. The van der Waals surface area contributed by atoms with Crippen LogP contribution in [0.3, 0.4) is 0 Å². The molecule has 11 heteroatoms. The lowest BCUT2D eigenvalue weighted by Gasteiger charge is -2.32. The molecule has 0 amide bonds. The zero-order valence-corrected chi connectivity index (χ0v) is 31.8. The number of likely N-dealkylation sites (N-methyl/N-ethyl adjacent to an activating group) is 1. The molecule has 0 fully saturated rings. The van der Waals surface area contributed by atoms with Crippen molar-refractivity contribution >= 4 is 29.7 Å². The number of benzene rings is 2. The Hall–Kier alpha value is -3.84. The van der Waals surface area contributed by atoms with E-state index in [0.29, 0.717) is 64.7 Å². The first-order valence-electron chi connectivity index (χ1n) is 17.9. The molecule has 1 aliphatic rings. The van der Waals surface area contributed by atoms with E-state index in [1.807, 2.05) is 57.3 Å². The molecule has 1 heterocycles. The first kappa shape index (κ1) is 45.2. The second-order valence-corrected chi connectivity index (χ2v) is 12.0. The number of carbonyl (C=O) groups is 2. The highest BCUT2D eigenvalue weighted by molar-refractivity contribution is 5.93. The molecule has 51 heavy (non-hydrogen) atoms. The van der Waals surface area contributed by atoms with Gasteiger partial charge < -0.3 is 49.7 Å². The zero-order chi connectivity index (χ0) is 37.7. The van der Waals surface area contributed by atoms with Gasteiger partial charge in [0.1, 0.15) is 12.6 Å². The number of unbranched alkanes of at least 4 members (excludes halogenated alkanes) is 1. The molecule has 0 unspecified atom stereocenters. The molecule has 284 valence electrons. The third-order valence-electron chi connectivity index (χ3n) is 8.00. The number of nitrogens with zero attached hydrogens (tertiary/aromatic N) is 3. The van der Waals surface area contributed by atoms with Crippen LogP contribution in [-0.4, -0.2) is 109 Å². The fourth-order valence-corrected chi connectivity index (χ4v) is 5.00. The molecular formula is C40H64N6O5. The van der Waals surface area contributed by atoms with Gasteiger partial charge in [0.15, 0.2) is 0 Å². The van der Waals surface area contributed by atoms with Crippen molar-refractivity contribution in [3.63, 3.8) is 0 Å². The summed E-state index contributed by atoms with van der Waals surface area (Å²) in [5.41, 5.74) is 13.8. The van der Waals surface area contributed by atoms with Gasteiger partial charge in [-0.15, -0.1) is 0 Å². The molecular weight excluding hydrogens is 644 g/mol. The number of aldehydes is 2. The van der Waals surface area contributed by atoms with Crippen LogP contribution in [-0.2, 0) is 30.3 Å². The Bertz CT molecular complexity index is 1320. The van der Waals surface area contributed by atoms with E-state index in [2.05, 4.69) is 60.1 Å². The van der Waals surface area contributed by atoms with Crippen molar-refractivity contribution in [2.24, 2.45) is 11.6 Å². The van der Waals surface area contributed by atoms with Crippen molar-refractivity contribution in [3.8, 4) is 0 Å². The maximum Gasteiger partial charge on any atom is 0.121 e. The minimum Gasteiger partial charge on any atom is -0.396 e. The number of ether oxygens (including phenoxy) is 3. The summed E-state index contributed by atoms with van der Waals surface area (Å²) in [4.78, 5) is 23.4. The molecule has 0 radical (unpaired) electrons. The van der Waals surface area contributed by atoms with Crippen LogP contribution < -0.4 is 21.8 Å². The van der Waals surface area contributed by atoms with Gasteiger partial charge in [-0.1, -0.05) is 73.7 Å². The van der Waals surface area contributed by atoms with E-state index < -0.39 is 0 Å². The van der Waals surface area contributed by atoms with Crippen molar-refractivity contribution in [2.45, 2.75) is 46.1 Å². The van der Waals surface area contributed by atoms with Crippen LogP contribution in [0, 0.1) is 0 Å². The Balaban J connectivity index is 0.00000102. The summed E-state index contributed by atoms with van der Waals surface area (Å²) < 4.78 is 17.2. The second-order valence-electron chi connectivity index (χ2n) is 12.0. The number of para-hydroxylation sites is 1. The van der Waals surface area contributed by atoms with Crippen molar-refractivity contribution in [2.75, 3.05) is 91.9 Å². The molecule has 0 aromatic heterocycles. The molecule has 0 spiro atoms. The summed E-state index contributed by atoms with van der Waals surface area (Å²) in [6, 6.07) is 16.4. The van der Waals surface area contributed by atoms with Crippen LogP contribution >= 0.6 is 0 Å². The molecule has 0 bridgehead atoms. The van der Waals surface area contributed by atoms with Gasteiger partial charge in [-0.2, -0.15) is 0 Å². The summed E-state index contributed by atoms with van der Waals surface area (Å²) in [7, 11) is 6.01. The Morgan fingerprint density at radius 3 is 2.04 bits per heavy atom. The van der Waals surface area contributed by atoms with Crippen LogP contribution in [0.2, 0.25) is 0 Å². The molecule has 0 saturated heterocycles. The predicted molar refractivity (Wildman–Crippen MR) is 211 cm³/mol. The lowest BCUT2D eigenvalue weighted by molar-refractivity contribution is -0.108. The van der Waals surface area contributed by atoms with Crippen molar-refractivity contribution in [1.82, 2.24) is 15.2 Å². The van der Waals surface area contributed by atoms with Gasteiger partial charge in [-0.3, -0.25) is 0 Å². The summed E-state index contributed by atoms with van der Waals surface area (Å²) in [5.74, 6) is 6.59. The molecule has 2 aromatic carbocycles. The van der Waals surface area contributed by atoms with Gasteiger partial charge in [0.05, 0.1) is 57.6 Å². The number of hydrogen-bond donors (Lipinski definition) is 3. The first-order valence-corrected chi connectivity index (χ1v) is 17.9. The van der Waals surface area contributed by atoms with Crippen molar-refractivity contribution < 1.29 is 23.8 Å². The van der Waals surface area contributed by atoms with Crippen molar-refractivity contribution in [3.05, 3.63) is 89.5 Å². The third-order valence-corrected chi connectivity index (χ3v) is 8.00. The van der Waals surface area contributed by atoms with E-state index in [4.69, 9.17) is 25.8 Å². The maximum atomic E-state index is 9.52. The van der Waals surface area contributed by atoms with Crippen LogP contribution in [0.4, 0.5) is 5.69 Å². The average Bonchev–Trinajstić information content (AvgIpc) is 3.14. The maximum absolute atomic E-state index is 9.52. The molecule has 5 N–H and O–H groups in total. The predicted octanol–water partition coefficient (Wildman–Crippen LogP) is 4.88. The summed E-state index contributed by atoms with van der Waals surface area (Å²) in [6.07, 6.45) is 9.16. The first-order chi connectivity index (χ1) is 24.8. The number of hydrogen-bond acceptors (Lipinski definition) is 11. The molecule has 3 rings (SSSR count). The Kier molecular flexibility index (Phi) is 25.5. The quantitative estimate of drug-likeness (QED) is 0.0508. The van der Waals surface area contributed by atoms with Gasteiger partial charge in [-0.25, -0.2) is 5.84 Å². The largest absolute Gasteiger partial charge is 0.396 e. The number of anilines is 1. The SMILES string of the molecule is C=C/C(=C\C)CCN(C)CCOCCOCCOCCN(N)/C1=C(\N)c2ccccc2N(C)Cc2ccccc21.CCCC=O.CNCCC=O. The van der Waals surface area contributed by atoms with Crippen LogP contribution in [0.1, 0.15) is 56.2 Å². The zero-order valence-electron chi connectivity index (χ0n) is 31.8. The molecule has 0 saturated carbocycles. The topological polar surface area (TPSA) is 136 Å². The molecule has 1 aliphatic heterocycles. The Labute approximate surface area is 307 Å². The number of nitrogens with one attached hydrogen (secondary N) is 1. The number of carbonyl (C=O) groups excluding carboxylic acids is 2. The number of nitrogens with two attached hydrogens (primary N) is 2. The van der Waals surface area contributed by atoms with Gasteiger partial charge in [0.25, 0.3) is 0 Å². The van der Waals surface area contributed by atoms with E-state index in [-0.39, 0.29) is 0 Å². The number of fused-ring (bicyclic) bond motifs is 2. The van der Waals surface area contributed by atoms with Gasteiger partial charge in [0.2, 0.25) is 0 Å². The number of hydrazine groups is 1. The van der Waals surface area contributed by atoms with E-state index in [0.717, 1.165) is 74.1 Å². The molecule has 2 aromatic rings. The minimum absolute atomic E-state index is 0.462. The average molecular weight is 709 g/mol. The second kappa shape index (κ2) is 28.8. The third kappa shape index (κ3) is 18.3. The summed E-state index contributed by atoms with van der Waals surface area (Å²) in [6.45, 7) is 15.1. The number of allylic oxidation sites excluding steroid dienone is 2. The van der Waals surface area contributed by atoms with Crippen molar-refractivity contribution in [1.29, 1.82) is 0 Å². The van der Waals surface area contributed by atoms with Gasteiger partial charge in [0, 0.05) is 62.9 Å². The van der Waals surface area contributed by atoms with E-state index in [9.17, 15) is 9.59 Å². The van der Waals surface area contributed by atoms with E-state index in [1.165, 1.54) is 11.1 Å². The van der Waals surface area contributed by atoms with Crippen LogP contribution in [0.15, 0.2) is 72.8 Å². The molecule has 0 atom stereocenters. The fourth-order valence-electron chi connectivity index (χ4n) is 5.00. The number of rotatable bonds is 22. The fraction of sp³-hybridized carbons (Fsp3) is 0.500. The van der Waals surface area contributed by atoms with E-state index in [1.54, 1.807) is 5.01 Å². The Morgan fingerprint density at radius 1 is 0.902 bits per heavy atom. The smallest absolute Gasteiger partial charge is 0.121 e. The van der Waals surface area contributed by atoms with Gasteiger partial charge in [-0.05, 0) is 45.5 Å². The van der Waals surface area contributed by atoms with E-state index >= 15 is 0 Å². The summed E-state index contributed by atoms with van der Waals surface area (Å²) in [5, 5.41) is 4.54. The standard InChI is InChI=1S/C32H47N5O3.C4H9NO.C4H8O/c1-5-26(6-2)15-16-35(3)17-19-38-21-23-40-24-22-39-20-18-37(34)32-28-12-8-7-11-27(28)25-36(4)30-14-10-9-13-29(30)31(32)33;1-5-3-2-4-6;1-2-3-4-5/h5-14H,1,15-25,33-34H2,2-4H3;4-5H,2-3H2,1H3;4H,2-3H2,1H3/b26-6+,32-31-;;. The van der Waals surface area contributed by atoms with Crippen LogP contribution in [0.25, 0.3) is 11.4 Å². The summed E-state index contributed by atoms with van der Waals surface area (Å²) >= 11 is 0. The monoisotopic (exact) mass is 708 g/mol. The highest BCUT2D eigenvalue weighted by atomic mass is 16.5. The minimum atomic E-state index is 0.462. The lowest BCUT2D eigenvalue weighted by atomic mass is 9.96.